The summed E-state index contributed by atoms with van der Waals surface area (Å²) in [6.45, 7) is 0. The lowest BCUT2D eigenvalue weighted by Gasteiger charge is -2.07. The first-order chi connectivity index (χ1) is 9.91. The molecule has 108 valence electrons. The van der Waals surface area contributed by atoms with E-state index >= 15 is 0 Å². The molecule has 9 heteroatoms. The van der Waals surface area contributed by atoms with Gasteiger partial charge < -0.3 is 5.32 Å². The molecular weight excluding hydrogens is 323 g/mol. The van der Waals surface area contributed by atoms with Crippen molar-refractivity contribution in [2.75, 3.05) is 5.32 Å². The molecule has 1 aromatic heterocycles. The van der Waals surface area contributed by atoms with Crippen LogP contribution in [-0.4, -0.2) is 10.9 Å². The lowest BCUT2D eigenvalue weighted by molar-refractivity contribution is -0.141. The van der Waals surface area contributed by atoms with E-state index in [1.165, 1.54) is 12.1 Å². The van der Waals surface area contributed by atoms with Crippen LogP contribution in [0.3, 0.4) is 0 Å². The zero-order valence-corrected chi connectivity index (χ0v) is 11.8. The van der Waals surface area contributed by atoms with Gasteiger partial charge in [0.25, 0.3) is 5.91 Å². The molecule has 0 bridgehead atoms. The third-order valence-corrected chi connectivity index (χ3v) is 3.74. The minimum absolute atomic E-state index is 0.337. The lowest BCUT2D eigenvalue weighted by atomic mass is 10.3. The van der Waals surface area contributed by atoms with E-state index in [9.17, 15) is 18.0 Å². The minimum atomic E-state index is -4.67. The summed E-state index contributed by atoms with van der Waals surface area (Å²) >= 11 is 1.57. The number of carbonyl (C=O) groups excluding carboxylic acids is 1. The maximum atomic E-state index is 12.6. The molecule has 21 heavy (non-hydrogen) atoms. The molecule has 0 atom stereocenters. The van der Waals surface area contributed by atoms with Crippen molar-refractivity contribution >= 4 is 34.7 Å². The summed E-state index contributed by atoms with van der Waals surface area (Å²) in [4.78, 5) is 15.2. The van der Waals surface area contributed by atoms with Crippen molar-refractivity contribution in [2.45, 2.75) is 11.1 Å². The summed E-state index contributed by atoms with van der Waals surface area (Å²) in [6.07, 6.45) is -4.67. The molecule has 0 spiro atoms. The van der Waals surface area contributed by atoms with Crippen molar-refractivity contribution in [2.24, 2.45) is 0 Å². The predicted molar refractivity (Wildman–Crippen MR) is 73.0 cm³/mol. The summed E-state index contributed by atoms with van der Waals surface area (Å²) in [5.74, 6) is -0.870. The Morgan fingerprint density at radius 1 is 1.33 bits per heavy atom. The Morgan fingerprint density at radius 3 is 2.57 bits per heavy atom. The van der Waals surface area contributed by atoms with Crippen molar-refractivity contribution in [1.82, 2.24) is 4.98 Å². The summed E-state index contributed by atoms with van der Waals surface area (Å²) in [5, 5.41) is 12.8. The van der Waals surface area contributed by atoms with Gasteiger partial charge in [-0.25, -0.2) is 4.98 Å². The van der Waals surface area contributed by atoms with Gasteiger partial charge in [-0.05, 0) is 36.0 Å². The first kappa shape index (κ1) is 15.3. The Labute approximate surface area is 125 Å². The highest BCUT2D eigenvalue weighted by Gasteiger charge is 2.38. The van der Waals surface area contributed by atoms with Gasteiger partial charge in [0.2, 0.25) is 0 Å². The zero-order chi connectivity index (χ0) is 15.5. The second kappa shape index (κ2) is 6.15. The van der Waals surface area contributed by atoms with Crippen LogP contribution in [-0.2, 0) is 6.18 Å². The van der Waals surface area contributed by atoms with E-state index in [4.69, 9.17) is 5.26 Å². The molecule has 2 aromatic rings. The van der Waals surface area contributed by atoms with Crippen LogP contribution in [0.5, 0.6) is 0 Å². The fraction of sp³-hybridized carbons (Fsp3) is 0.0833. The number of amides is 1. The molecule has 0 aliphatic heterocycles. The van der Waals surface area contributed by atoms with E-state index in [1.54, 1.807) is 12.1 Å². The topological polar surface area (TPSA) is 65.8 Å². The number of carbonyl (C=O) groups is 1. The van der Waals surface area contributed by atoms with Gasteiger partial charge in [0.15, 0.2) is 5.69 Å². The number of nitrogens with one attached hydrogen (secondary N) is 1. The van der Waals surface area contributed by atoms with Gasteiger partial charge in [0.1, 0.15) is 10.3 Å². The van der Waals surface area contributed by atoms with E-state index in [-0.39, 0.29) is 0 Å². The quantitative estimate of drug-likeness (QED) is 0.683. The number of benzene rings is 1. The fourth-order valence-corrected chi connectivity index (χ4v) is 2.54. The van der Waals surface area contributed by atoms with E-state index in [0.717, 1.165) is 17.3 Å². The monoisotopic (exact) mass is 329 g/mol. The highest BCUT2D eigenvalue weighted by Crippen LogP contribution is 2.33. The van der Waals surface area contributed by atoms with Gasteiger partial charge in [-0.1, -0.05) is 0 Å². The Hall–Kier alpha value is -2.05. The van der Waals surface area contributed by atoms with E-state index < -0.39 is 22.7 Å². The molecule has 2 rings (SSSR count). The van der Waals surface area contributed by atoms with Crippen LogP contribution < -0.4 is 5.32 Å². The highest BCUT2D eigenvalue weighted by atomic mass is 32.2. The van der Waals surface area contributed by atoms with E-state index in [2.05, 4.69) is 10.3 Å². The fourth-order valence-electron chi connectivity index (χ4n) is 1.46. The van der Waals surface area contributed by atoms with Gasteiger partial charge in [0.05, 0.1) is 5.51 Å². The van der Waals surface area contributed by atoms with Crippen molar-refractivity contribution in [3.8, 4) is 5.40 Å². The maximum Gasteiger partial charge on any atom is 0.434 e. The van der Waals surface area contributed by atoms with Crippen LogP contribution in [0.1, 0.15) is 15.4 Å². The van der Waals surface area contributed by atoms with Crippen LogP contribution in [0.15, 0.2) is 34.7 Å². The average molecular weight is 329 g/mol. The number of hydrogen-bond acceptors (Lipinski definition) is 5. The predicted octanol–water partition coefficient (Wildman–Crippen LogP) is 3.99. The smallest absolute Gasteiger partial charge is 0.321 e. The number of thiocyanates is 1. The minimum Gasteiger partial charge on any atom is -0.321 e. The summed E-state index contributed by atoms with van der Waals surface area (Å²) in [5.41, 5.74) is 0.121. The molecule has 0 fully saturated rings. The number of thioether (sulfide) groups is 1. The Bertz CT molecular complexity index is 689. The number of anilines is 1. The average Bonchev–Trinajstić information content (AvgIpc) is 2.90. The second-order valence-corrected chi connectivity index (χ2v) is 5.41. The number of halogens is 3. The molecule has 0 aliphatic rings. The van der Waals surface area contributed by atoms with Crippen LogP contribution in [0.2, 0.25) is 0 Å². The Balaban J connectivity index is 2.15. The van der Waals surface area contributed by atoms with Gasteiger partial charge in [-0.15, -0.1) is 11.3 Å². The summed E-state index contributed by atoms with van der Waals surface area (Å²) in [6, 6.07) is 6.18. The standard InChI is InChI=1S/C12H6F3N3OS2/c13-12(14,15)10-9(21-6-17-10)11(19)18-7-1-3-8(4-2-7)20-5-16/h1-4,6H,(H,18,19). The first-order valence-electron chi connectivity index (χ1n) is 5.40. The van der Waals surface area contributed by atoms with Crippen molar-refractivity contribution in [3.63, 3.8) is 0 Å². The summed E-state index contributed by atoms with van der Waals surface area (Å²) in [7, 11) is 0. The number of thiazole rings is 1. The van der Waals surface area contributed by atoms with E-state index in [1.807, 2.05) is 5.40 Å². The summed E-state index contributed by atoms with van der Waals surface area (Å²) < 4.78 is 37.9. The Kier molecular flexibility index (Phi) is 4.50. The van der Waals surface area contributed by atoms with Gasteiger partial charge >= 0.3 is 6.18 Å². The van der Waals surface area contributed by atoms with Gasteiger partial charge in [-0.2, -0.15) is 18.4 Å². The largest absolute Gasteiger partial charge is 0.434 e. The normalized spacial score (nSPS) is 11.0. The van der Waals surface area contributed by atoms with Crippen LogP contribution in [0, 0.1) is 10.7 Å². The molecule has 1 amide bonds. The van der Waals surface area contributed by atoms with Crippen LogP contribution in [0.25, 0.3) is 0 Å². The highest BCUT2D eigenvalue weighted by molar-refractivity contribution is 8.03. The Morgan fingerprint density at radius 2 is 2.00 bits per heavy atom. The number of nitriles is 1. The molecule has 0 unspecified atom stereocenters. The molecular formula is C12H6F3N3OS2. The molecule has 1 heterocycles. The first-order valence-corrected chi connectivity index (χ1v) is 7.09. The number of alkyl halides is 3. The number of nitrogens with zero attached hydrogens (tertiary/aromatic N) is 2. The molecule has 4 nitrogen and oxygen atoms in total. The lowest BCUT2D eigenvalue weighted by Crippen LogP contribution is -2.17. The maximum absolute atomic E-state index is 12.6. The zero-order valence-electron chi connectivity index (χ0n) is 10.1. The molecule has 0 saturated carbocycles. The molecule has 1 N–H and O–H groups in total. The van der Waals surface area contributed by atoms with Gasteiger partial charge in [0, 0.05) is 10.6 Å². The van der Waals surface area contributed by atoms with Crippen molar-refractivity contribution in [3.05, 3.63) is 40.3 Å². The van der Waals surface area contributed by atoms with Crippen LogP contribution in [0.4, 0.5) is 18.9 Å². The third kappa shape index (κ3) is 3.74. The van der Waals surface area contributed by atoms with Crippen LogP contribution >= 0.6 is 23.1 Å². The number of aromatic nitrogens is 1. The van der Waals surface area contributed by atoms with Crippen molar-refractivity contribution in [1.29, 1.82) is 5.26 Å². The number of hydrogen-bond donors (Lipinski definition) is 1. The molecule has 0 radical (unpaired) electrons. The molecule has 0 saturated heterocycles. The number of rotatable bonds is 3. The van der Waals surface area contributed by atoms with E-state index in [0.29, 0.717) is 21.9 Å². The molecule has 0 aliphatic carbocycles. The second-order valence-electron chi connectivity index (χ2n) is 3.70. The van der Waals surface area contributed by atoms with Crippen molar-refractivity contribution < 1.29 is 18.0 Å². The molecule has 1 aromatic carbocycles. The SMILES string of the molecule is N#CSc1ccc(NC(=O)c2scnc2C(F)(F)F)cc1. The third-order valence-electron chi connectivity index (χ3n) is 2.32. The van der Waals surface area contributed by atoms with Gasteiger partial charge in [-0.3, -0.25) is 4.79 Å².